The van der Waals surface area contributed by atoms with Crippen LogP contribution < -0.4 is 10.1 Å². The van der Waals surface area contributed by atoms with Crippen molar-refractivity contribution < 1.29 is 9.53 Å². The fourth-order valence-electron chi connectivity index (χ4n) is 1.73. The molecule has 0 bridgehead atoms. The van der Waals surface area contributed by atoms with Crippen molar-refractivity contribution in [3.63, 3.8) is 0 Å². The zero-order valence-corrected chi connectivity index (χ0v) is 13.2. The molecule has 1 N–H and O–H groups in total. The van der Waals surface area contributed by atoms with E-state index in [9.17, 15) is 4.79 Å². The molecule has 0 fully saturated rings. The molecule has 110 valence electrons. The lowest BCUT2D eigenvalue weighted by Crippen LogP contribution is -2.28. The molecule has 0 saturated heterocycles. The molecule has 2 aromatic rings. The van der Waals surface area contributed by atoms with Crippen molar-refractivity contribution in [3.05, 3.63) is 59.1 Å². The molecule has 0 atom stereocenters. The Bertz CT molecular complexity index is 601. The zero-order valence-electron chi connectivity index (χ0n) is 11.6. The largest absolute Gasteiger partial charge is 0.492 e. The van der Waals surface area contributed by atoms with E-state index in [0.717, 1.165) is 4.90 Å². The second kappa shape index (κ2) is 7.96. The Kier molecular flexibility index (Phi) is 5.96. The van der Waals surface area contributed by atoms with E-state index in [-0.39, 0.29) is 5.91 Å². The predicted octanol–water partition coefficient (Wildman–Crippen LogP) is 3.87. The van der Waals surface area contributed by atoms with Crippen LogP contribution in [-0.2, 0) is 0 Å². The van der Waals surface area contributed by atoms with E-state index in [4.69, 9.17) is 16.3 Å². The average Bonchev–Trinajstić information content (AvgIpc) is 2.51. The molecule has 0 saturated carbocycles. The molecule has 0 radical (unpaired) electrons. The van der Waals surface area contributed by atoms with Gasteiger partial charge < -0.3 is 10.1 Å². The Morgan fingerprint density at radius 1 is 1.24 bits per heavy atom. The van der Waals surface area contributed by atoms with Gasteiger partial charge in [0.25, 0.3) is 5.91 Å². The Balaban J connectivity index is 1.76. The van der Waals surface area contributed by atoms with Gasteiger partial charge in [-0.1, -0.05) is 17.7 Å². The second-order valence-electron chi connectivity index (χ2n) is 4.29. The first-order chi connectivity index (χ1) is 10.2. The van der Waals surface area contributed by atoms with Gasteiger partial charge in [0, 0.05) is 15.5 Å². The van der Waals surface area contributed by atoms with Crippen molar-refractivity contribution in [1.82, 2.24) is 5.32 Å². The van der Waals surface area contributed by atoms with E-state index in [0.29, 0.717) is 29.5 Å². The highest BCUT2D eigenvalue weighted by Gasteiger charge is 2.04. The van der Waals surface area contributed by atoms with Crippen LogP contribution >= 0.6 is 23.4 Å². The summed E-state index contributed by atoms with van der Waals surface area (Å²) in [6.07, 6.45) is 2.00. The van der Waals surface area contributed by atoms with Crippen molar-refractivity contribution in [2.24, 2.45) is 0 Å². The van der Waals surface area contributed by atoms with E-state index in [2.05, 4.69) is 5.32 Å². The molecule has 0 aliphatic carbocycles. The molecule has 3 nitrogen and oxygen atoms in total. The number of carbonyl (C=O) groups is 1. The minimum absolute atomic E-state index is 0.0997. The quantitative estimate of drug-likeness (QED) is 0.648. The van der Waals surface area contributed by atoms with Crippen LogP contribution in [0.25, 0.3) is 0 Å². The van der Waals surface area contributed by atoms with Crippen LogP contribution in [0, 0.1) is 0 Å². The molecule has 0 spiro atoms. The summed E-state index contributed by atoms with van der Waals surface area (Å²) in [5, 5.41) is 3.45. The first kappa shape index (κ1) is 15.7. The first-order valence-corrected chi connectivity index (χ1v) is 8.10. The summed E-state index contributed by atoms with van der Waals surface area (Å²) in [6.45, 7) is 0.838. The van der Waals surface area contributed by atoms with E-state index >= 15 is 0 Å². The molecule has 0 heterocycles. The molecule has 2 rings (SSSR count). The van der Waals surface area contributed by atoms with Crippen LogP contribution in [0.1, 0.15) is 10.4 Å². The monoisotopic (exact) mass is 321 g/mol. The van der Waals surface area contributed by atoms with Crippen LogP contribution in [0.4, 0.5) is 0 Å². The molecule has 21 heavy (non-hydrogen) atoms. The Labute approximate surface area is 133 Å². The molecule has 1 amide bonds. The minimum atomic E-state index is -0.0997. The van der Waals surface area contributed by atoms with Crippen LogP contribution in [-0.4, -0.2) is 25.3 Å². The third-order valence-corrected chi connectivity index (χ3v) is 3.78. The lowest BCUT2D eigenvalue weighted by atomic mass is 10.2. The highest BCUT2D eigenvalue weighted by molar-refractivity contribution is 7.98. The van der Waals surface area contributed by atoms with Crippen LogP contribution in [0.15, 0.2) is 53.4 Å². The van der Waals surface area contributed by atoms with Crippen molar-refractivity contribution in [3.8, 4) is 5.75 Å². The van der Waals surface area contributed by atoms with Crippen molar-refractivity contribution >= 4 is 29.3 Å². The fourth-order valence-corrected chi connectivity index (χ4v) is 2.32. The molecule has 0 aliphatic heterocycles. The summed E-state index contributed by atoms with van der Waals surface area (Å²) < 4.78 is 5.51. The van der Waals surface area contributed by atoms with Crippen LogP contribution in [0.5, 0.6) is 5.75 Å². The maximum absolute atomic E-state index is 11.9. The maximum atomic E-state index is 11.9. The number of nitrogens with one attached hydrogen (secondary N) is 1. The molecule has 0 aliphatic rings. The number of thioether (sulfide) groups is 1. The zero-order chi connectivity index (χ0) is 15.1. The second-order valence-corrected chi connectivity index (χ2v) is 5.61. The summed E-state index contributed by atoms with van der Waals surface area (Å²) in [5.74, 6) is 0.596. The highest BCUT2D eigenvalue weighted by atomic mass is 35.5. The smallest absolute Gasteiger partial charge is 0.251 e. The van der Waals surface area contributed by atoms with Gasteiger partial charge in [0.1, 0.15) is 12.4 Å². The van der Waals surface area contributed by atoms with Crippen molar-refractivity contribution in [1.29, 1.82) is 0 Å². The summed E-state index contributed by atoms with van der Waals surface area (Å²) in [6, 6.07) is 14.7. The molecular formula is C16H16ClNO2S. The van der Waals surface area contributed by atoms with Crippen LogP contribution in [0.2, 0.25) is 5.02 Å². The number of rotatable bonds is 6. The van der Waals surface area contributed by atoms with E-state index in [1.54, 1.807) is 23.9 Å². The number of halogens is 1. The Morgan fingerprint density at radius 3 is 2.67 bits per heavy atom. The van der Waals surface area contributed by atoms with Gasteiger partial charge in [-0.15, -0.1) is 11.8 Å². The van der Waals surface area contributed by atoms with E-state index in [1.165, 1.54) is 0 Å². The summed E-state index contributed by atoms with van der Waals surface area (Å²) in [5.41, 5.74) is 0.649. The van der Waals surface area contributed by atoms with Gasteiger partial charge in [-0.2, -0.15) is 0 Å². The van der Waals surface area contributed by atoms with E-state index in [1.807, 2.05) is 42.7 Å². The molecule has 0 unspecified atom stereocenters. The normalized spacial score (nSPS) is 10.2. The summed E-state index contributed by atoms with van der Waals surface area (Å²) in [7, 11) is 0. The molecule has 5 heteroatoms. The fraction of sp³-hybridized carbons (Fsp3) is 0.188. The highest BCUT2D eigenvalue weighted by Crippen LogP contribution is 2.17. The lowest BCUT2D eigenvalue weighted by molar-refractivity contribution is 0.0947. The first-order valence-electron chi connectivity index (χ1n) is 6.49. The summed E-state index contributed by atoms with van der Waals surface area (Å²) in [4.78, 5) is 13.1. The minimum Gasteiger partial charge on any atom is -0.492 e. The topological polar surface area (TPSA) is 38.3 Å². The van der Waals surface area contributed by atoms with Gasteiger partial charge in [-0.05, 0) is 48.7 Å². The van der Waals surface area contributed by atoms with E-state index < -0.39 is 0 Å². The number of amides is 1. The van der Waals surface area contributed by atoms with Gasteiger partial charge in [0.2, 0.25) is 0 Å². The summed E-state index contributed by atoms with van der Waals surface area (Å²) >= 11 is 7.51. The maximum Gasteiger partial charge on any atom is 0.251 e. The van der Waals surface area contributed by atoms with Gasteiger partial charge in [0.15, 0.2) is 0 Å². The van der Waals surface area contributed by atoms with Gasteiger partial charge >= 0.3 is 0 Å². The Morgan fingerprint density at radius 2 is 2.00 bits per heavy atom. The van der Waals surface area contributed by atoms with Gasteiger partial charge in [-0.25, -0.2) is 0 Å². The molecule has 0 aromatic heterocycles. The SMILES string of the molecule is CSc1ccc(C(=O)NCCOc2cccc(Cl)c2)cc1. The van der Waals surface area contributed by atoms with Crippen LogP contribution in [0.3, 0.4) is 0 Å². The number of benzene rings is 2. The standard InChI is InChI=1S/C16H16ClNO2S/c1-21-15-7-5-12(6-8-15)16(19)18-9-10-20-14-4-2-3-13(17)11-14/h2-8,11H,9-10H2,1H3,(H,18,19). The van der Waals surface area contributed by atoms with Gasteiger partial charge in [-0.3, -0.25) is 4.79 Å². The molecular weight excluding hydrogens is 306 g/mol. The third kappa shape index (κ3) is 4.99. The van der Waals surface area contributed by atoms with Crippen molar-refractivity contribution in [2.75, 3.05) is 19.4 Å². The number of hydrogen-bond acceptors (Lipinski definition) is 3. The Hall–Kier alpha value is -1.65. The number of hydrogen-bond donors (Lipinski definition) is 1. The van der Waals surface area contributed by atoms with Gasteiger partial charge in [0.05, 0.1) is 6.54 Å². The lowest BCUT2D eigenvalue weighted by Gasteiger charge is -2.08. The molecule has 2 aromatic carbocycles. The number of carbonyl (C=O) groups excluding carboxylic acids is 1. The predicted molar refractivity (Wildman–Crippen MR) is 87.5 cm³/mol. The average molecular weight is 322 g/mol. The third-order valence-electron chi connectivity index (χ3n) is 2.80. The number of ether oxygens (including phenoxy) is 1. The van der Waals surface area contributed by atoms with Crippen molar-refractivity contribution in [2.45, 2.75) is 4.90 Å².